The quantitative estimate of drug-likeness (QED) is 0.874. The first-order valence-corrected chi connectivity index (χ1v) is 7.22. The SMILES string of the molecule is CCC1CCC(c2noc(CC(C)NC)n2)CC1. The predicted octanol–water partition coefficient (Wildman–Crippen LogP) is 2.90. The van der Waals surface area contributed by atoms with Crippen molar-refractivity contribution in [1.29, 1.82) is 0 Å². The Balaban J connectivity index is 1.90. The summed E-state index contributed by atoms with van der Waals surface area (Å²) in [7, 11) is 1.95. The second-order valence-corrected chi connectivity index (χ2v) is 5.57. The van der Waals surface area contributed by atoms with E-state index in [1.54, 1.807) is 0 Å². The first kappa shape index (κ1) is 13.5. The van der Waals surface area contributed by atoms with Crippen molar-refractivity contribution in [2.75, 3.05) is 7.05 Å². The lowest BCUT2D eigenvalue weighted by molar-refractivity contribution is 0.302. The average Bonchev–Trinajstić information content (AvgIpc) is 2.87. The van der Waals surface area contributed by atoms with E-state index in [1.165, 1.54) is 32.1 Å². The van der Waals surface area contributed by atoms with Crippen LogP contribution in [-0.2, 0) is 6.42 Å². The predicted molar refractivity (Wildman–Crippen MR) is 71.5 cm³/mol. The van der Waals surface area contributed by atoms with Crippen molar-refractivity contribution >= 4 is 0 Å². The molecule has 0 amide bonds. The number of hydrogen-bond acceptors (Lipinski definition) is 4. The molecule has 102 valence electrons. The smallest absolute Gasteiger partial charge is 0.228 e. The topological polar surface area (TPSA) is 51.0 Å². The van der Waals surface area contributed by atoms with Gasteiger partial charge < -0.3 is 9.84 Å². The molecule has 1 saturated carbocycles. The van der Waals surface area contributed by atoms with Crippen LogP contribution >= 0.6 is 0 Å². The molecule has 0 aromatic carbocycles. The number of hydrogen-bond donors (Lipinski definition) is 1. The first-order chi connectivity index (χ1) is 8.72. The zero-order chi connectivity index (χ0) is 13.0. The third kappa shape index (κ3) is 3.31. The summed E-state index contributed by atoms with van der Waals surface area (Å²) < 4.78 is 5.34. The molecule has 1 aromatic rings. The van der Waals surface area contributed by atoms with E-state index in [1.807, 2.05) is 7.05 Å². The van der Waals surface area contributed by atoms with Crippen LogP contribution in [0.2, 0.25) is 0 Å². The number of likely N-dealkylation sites (N-methyl/N-ethyl adjacent to an activating group) is 1. The molecule has 4 nitrogen and oxygen atoms in total. The minimum atomic E-state index is 0.383. The number of nitrogens with zero attached hydrogens (tertiary/aromatic N) is 2. The summed E-state index contributed by atoms with van der Waals surface area (Å²) in [6.07, 6.45) is 7.20. The van der Waals surface area contributed by atoms with E-state index in [0.29, 0.717) is 12.0 Å². The Morgan fingerprint density at radius 1 is 1.33 bits per heavy atom. The zero-order valence-electron chi connectivity index (χ0n) is 11.8. The van der Waals surface area contributed by atoms with Gasteiger partial charge in [0.05, 0.1) is 0 Å². The second kappa shape index (κ2) is 6.32. The highest BCUT2D eigenvalue weighted by Crippen LogP contribution is 2.35. The molecule has 0 spiro atoms. The first-order valence-electron chi connectivity index (χ1n) is 7.22. The van der Waals surface area contributed by atoms with Crippen LogP contribution in [-0.4, -0.2) is 23.2 Å². The molecule has 0 saturated heterocycles. The van der Waals surface area contributed by atoms with Crippen LogP contribution in [0.3, 0.4) is 0 Å². The molecular weight excluding hydrogens is 226 g/mol. The van der Waals surface area contributed by atoms with E-state index in [0.717, 1.165) is 24.1 Å². The summed E-state index contributed by atoms with van der Waals surface area (Å²) in [6.45, 7) is 4.41. The second-order valence-electron chi connectivity index (χ2n) is 5.57. The van der Waals surface area contributed by atoms with Gasteiger partial charge in [0.1, 0.15) is 0 Å². The van der Waals surface area contributed by atoms with Crippen LogP contribution in [0, 0.1) is 5.92 Å². The Hall–Kier alpha value is -0.900. The maximum atomic E-state index is 5.34. The summed E-state index contributed by atoms with van der Waals surface area (Å²) in [6, 6.07) is 0.383. The molecule has 1 aliphatic carbocycles. The van der Waals surface area contributed by atoms with E-state index < -0.39 is 0 Å². The summed E-state index contributed by atoms with van der Waals surface area (Å²) in [5, 5.41) is 7.35. The van der Waals surface area contributed by atoms with Gasteiger partial charge in [-0.2, -0.15) is 4.98 Å². The van der Waals surface area contributed by atoms with Gasteiger partial charge in [-0.05, 0) is 45.6 Å². The fourth-order valence-electron chi connectivity index (χ4n) is 2.71. The molecule has 1 N–H and O–H groups in total. The minimum absolute atomic E-state index is 0.383. The molecule has 1 heterocycles. The van der Waals surface area contributed by atoms with E-state index in [4.69, 9.17) is 4.52 Å². The van der Waals surface area contributed by atoms with Crippen LogP contribution in [0.25, 0.3) is 0 Å². The average molecular weight is 251 g/mol. The Morgan fingerprint density at radius 2 is 2.06 bits per heavy atom. The summed E-state index contributed by atoms with van der Waals surface area (Å²) >= 11 is 0. The third-order valence-electron chi connectivity index (χ3n) is 4.25. The van der Waals surface area contributed by atoms with Crippen molar-refractivity contribution < 1.29 is 4.52 Å². The van der Waals surface area contributed by atoms with Crippen molar-refractivity contribution in [3.05, 3.63) is 11.7 Å². The van der Waals surface area contributed by atoms with Crippen LogP contribution in [0.4, 0.5) is 0 Å². The van der Waals surface area contributed by atoms with Crippen LogP contribution in [0.5, 0.6) is 0 Å². The van der Waals surface area contributed by atoms with Crippen LogP contribution in [0.15, 0.2) is 4.52 Å². The third-order valence-corrected chi connectivity index (χ3v) is 4.25. The molecule has 0 radical (unpaired) electrons. The fourth-order valence-corrected chi connectivity index (χ4v) is 2.71. The largest absolute Gasteiger partial charge is 0.339 e. The van der Waals surface area contributed by atoms with Gasteiger partial charge in [-0.25, -0.2) is 0 Å². The molecule has 0 aliphatic heterocycles. The van der Waals surface area contributed by atoms with Gasteiger partial charge in [0, 0.05) is 18.4 Å². The van der Waals surface area contributed by atoms with Crippen LogP contribution in [0.1, 0.15) is 63.6 Å². The molecule has 4 heteroatoms. The molecule has 1 atom stereocenters. The summed E-state index contributed by atoms with van der Waals surface area (Å²) in [5.41, 5.74) is 0. The van der Waals surface area contributed by atoms with Gasteiger partial charge in [0.2, 0.25) is 5.89 Å². The van der Waals surface area contributed by atoms with E-state index >= 15 is 0 Å². The molecule has 1 unspecified atom stereocenters. The van der Waals surface area contributed by atoms with Gasteiger partial charge in [-0.1, -0.05) is 18.5 Å². The van der Waals surface area contributed by atoms with Crippen molar-refractivity contribution in [3.8, 4) is 0 Å². The van der Waals surface area contributed by atoms with E-state index in [2.05, 4.69) is 29.3 Å². The standard InChI is InChI=1S/C14H25N3O/c1-4-11-5-7-12(8-6-11)14-16-13(18-17-14)9-10(2)15-3/h10-12,15H,4-9H2,1-3H3. The molecule has 2 rings (SSSR count). The lowest BCUT2D eigenvalue weighted by Gasteiger charge is -2.25. The Labute approximate surface area is 110 Å². The molecule has 1 aliphatic rings. The minimum Gasteiger partial charge on any atom is -0.339 e. The lowest BCUT2D eigenvalue weighted by atomic mass is 9.80. The Kier molecular flexibility index (Phi) is 4.75. The van der Waals surface area contributed by atoms with Gasteiger partial charge in [0.15, 0.2) is 5.82 Å². The van der Waals surface area contributed by atoms with Gasteiger partial charge in [-0.15, -0.1) is 0 Å². The highest BCUT2D eigenvalue weighted by atomic mass is 16.5. The normalized spacial score (nSPS) is 26.2. The maximum Gasteiger partial charge on any atom is 0.228 e. The number of rotatable bonds is 5. The fraction of sp³-hybridized carbons (Fsp3) is 0.857. The molecule has 0 bridgehead atoms. The summed E-state index contributed by atoms with van der Waals surface area (Å²) in [4.78, 5) is 4.55. The van der Waals surface area contributed by atoms with Crippen LogP contribution < -0.4 is 5.32 Å². The molecule has 1 fully saturated rings. The number of aromatic nitrogens is 2. The molecular formula is C14H25N3O. The maximum absolute atomic E-state index is 5.34. The van der Waals surface area contributed by atoms with Gasteiger partial charge in [-0.3, -0.25) is 0 Å². The zero-order valence-corrected chi connectivity index (χ0v) is 11.8. The van der Waals surface area contributed by atoms with Gasteiger partial charge in [0.25, 0.3) is 0 Å². The van der Waals surface area contributed by atoms with Crippen molar-refractivity contribution in [2.24, 2.45) is 5.92 Å². The summed E-state index contributed by atoms with van der Waals surface area (Å²) in [5.74, 6) is 3.14. The van der Waals surface area contributed by atoms with E-state index in [9.17, 15) is 0 Å². The molecule has 18 heavy (non-hydrogen) atoms. The highest BCUT2D eigenvalue weighted by Gasteiger charge is 2.25. The van der Waals surface area contributed by atoms with Crippen molar-refractivity contribution in [1.82, 2.24) is 15.5 Å². The van der Waals surface area contributed by atoms with Crippen molar-refractivity contribution in [3.63, 3.8) is 0 Å². The van der Waals surface area contributed by atoms with Crippen molar-refractivity contribution in [2.45, 2.75) is 64.3 Å². The number of nitrogens with one attached hydrogen (secondary N) is 1. The molecule has 1 aromatic heterocycles. The van der Waals surface area contributed by atoms with Gasteiger partial charge >= 0.3 is 0 Å². The Bertz CT molecular complexity index is 356. The highest BCUT2D eigenvalue weighted by molar-refractivity contribution is 4.98. The Morgan fingerprint density at radius 3 is 2.67 bits per heavy atom. The van der Waals surface area contributed by atoms with E-state index in [-0.39, 0.29) is 0 Å². The lowest BCUT2D eigenvalue weighted by Crippen LogP contribution is -2.23. The monoisotopic (exact) mass is 251 g/mol.